The molecule has 0 N–H and O–H groups in total. The Bertz CT molecular complexity index is 421. The van der Waals surface area contributed by atoms with E-state index in [9.17, 15) is 0 Å². The summed E-state index contributed by atoms with van der Waals surface area (Å²) in [4.78, 5) is 5.33. The Balaban J connectivity index is 1.69. The number of nitrogens with zero attached hydrogens (tertiary/aromatic N) is 2. The van der Waals surface area contributed by atoms with Crippen molar-refractivity contribution >= 4 is 15.9 Å². The third-order valence-electron chi connectivity index (χ3n) is 4.50. The van der Waals surface area contributed by atoms with Crippen LogP contribution in [0.1, 0.15) is 25.3 Å². The molecule has 2 heterocycles. The number of fused-ring (bicyclic) bond motifs is 1. The molecule has 2 saturated heterocycles. The Morgan fingerprint density at radius 1 is 1.28 bits per heavy atom. The van der Waals surface area contributed by atoms with Crippen LogP contribution >= 0.6 is 15.9 Å². The summed E-state index contributed by atoms with van der Waals surface area (Å²) in [6.45, 7) is 7.28. The van der Waals surface area contributed by atoms with Gasteiger partial charge in [0.1, 0.15) is 0 Å². The van der Waals surface area contributed by atoms with Crippen molar-refractivity contribution in [2.75, 3.05) is 19.6 Å². The van der Waals surface area contributed by atoms with E-state index in [1.165, 1.54) is 42.5 Å². The van der Waals surface area contributed by atoms with Crippen molar-refractivity contribution < 1.29 is 0 Å². The van der Waals surface area contributed by atoms with E-state index in [4.69, 9.17) is 0 Å². The number of rotatable bonds is 2. The minimum atomic E-state index is 0.695. The maximum atomic E-state index is 3.56. The molecule has 2 nitrogen and oxygen atoms in total. The second-order valence-electron chi connectivity index (χ2n) is 5.59. The van der Waals surface area contributed by atoms with E-state index in [2.05, 4.69) is 56.9 Å². The molecule has 2 fully saturated rings. The number of hydrogen-bond donors (Lipinski definition) is 0. The van der Waals surface area contributed by atoms with E-state index in [0.717, 1.165) is 12.6 Å². The smallest absolute Gasteiger partial charge is 0.0250 e. The Hall–Kier alpha value is -0.380. The zero-order valence-corrected chi connectivity index (χ0v) is 12.6. The molecule has 1 aromatic carbocycles. The molecule has 0 spiro atoms. The fraction of sp³-hybridized carbons (Fsp3) is 0.600. The summed E-state index contributed by atoms with van der Waals surface area (Å²) in [7, 11) is 0. The molecular weight excluding hydrogens is 288 g/mol. The van der Waals surface area contributed by atoms with Gasteiger partial charge >= 0.3 is 0 Å². The second-order valence-corrected chi connectivity index (χ2v) is 6.50. The summed E-state index contributed by atoms with van der Waals surface area (Å²) in [6.07, 6.45) is 2.77. The largest absolute Gasteiger partial charge is 0.298 e. The van der Waals surface area contributed by atoms with Crippen molar-refractivity contribution in [1.82, 2.24) is 9.80 Å². The molecule has 2 atom stereocenters. The predicted molar refractivity (Wildman–Crippen MR) is 78.6 cm³/mol. The first-order chi connectivity index (χ1) is 8.74. The van der Waals surface area contributed by atoms with Crippen LogP contribution in [0.25, 0.3) is 0 Å². The molecular formula is C15H21BrN2. The number of piperazine rings is 1. The topological polar surface area (TPSA) is 6.48 Å². The van der Waals surface area contributed by atoms with Crippen LogP contribution in [0.2, 0.25) is 0 Å². The molecule has 98 valence electrons. The van der Waals surface area contributed by atoms with E-state index >= 15 is 0 Å². The van der Waals surface area contributed by atoms with Crippen molar-refractivity contribution in [1.29, 1.82) is 0 Å². The quantitative estimate of drug-likeness (QED) is 0.828. The maximum Gasteiger partial charge on any atom is 0.0250 e. The highest BCUT2D eigenvalue weighted by molar-refractivity contribution is 9.10. The van der Waals surface area contributed by atoms with E-state index in [1.54, 1.807) is 0 Å². The lowest BCUT2D eigenvalue weighted by Crippen LogP contribution is -2.55. The average Bonchev–Trinajstić information content (AvgIpc) is 2.82. The van der Waals surface area contributed by atoms with Crippen molar-refractivity contribution in [2.45, 2.75) is 38.4 Å². The number of hydrogen-bond acceptors (Lipinski definition) is 2. The molecule has 2 aliphatic heterocycles. The lowest BCUT2D eigenvalue weighted by atomic mass is 10.0. The first-order valence-corrected chi connectivity index (χ1v) is 7.76. The fourth-order valence-corrected chi connectivity index (χ4v) is 3.92. The van der Waals surface area contributed by atoms with Crippen LogP contribution < -0.4 is 0 Å². The summed E-state index contributed by atoms with van der Waals surface area (Å²) >= 11 is 3.56. The van der Waals surface area contributed by atoms with E-state index in [0.29, 0.717) is 6.04 Å². The van der Waals surface area contributed by atoms with Gasteiger partial charge in [-0.25, -0.2) is 0 Å². The molecule has 0 unspecified atom stereocenters. The molecule has 0 radical (unpaired) electrons. The van der Waals surface area contributed by atoms with Gasteiger partial charge in [0.05, 0.1) is 0 Å². The van der Waals surface area contributed by atoms with Crippen molar-refractivity contribution in [2.24, 2.45) is 0 Å². The van der Waals surface area contributed by atoms with Crippen LogP contribution in [-0.4, -0.2) is 41.5 Å². The molecule has 0 saturated carbocycles. The first-order valence-electron chi connectivity index (χ1n) is 6.96. The van der Waals surface area contributed by atoms with Gasteiger partial charge in [-0.2, -0.15) is 0 Å². The van der Waals surface area contributed by atoms with Crippen LogP contribution in [0.4, 0.5) is 0 Å². The fourth-order valence-electron chi connectivity index (χ4n) is 3.47. The van der Waals surface area contributed by atoms with Crippen LogP contribution in [0.5, 0.6) is 0 Å². The standard InChI is InChI=1S/C15H21BrN2/c1-12-15-6-3-7-17(15)8-9-18(12)11-13-4-2-5-14(16)10-13/h2,4-5,10,12,15H,3,6-9,11H2,1H3/t12-,15+/m1/s1. The molecule has 0 aromatic heterocycles. The average molecular weight is 309 g/mol. The maximum absolute atomic E-state index is 3.56. The molecule has 0 bridgehead atoms. The van der Waals surface area contributed by atoms with Gasteiger partial charge in [0.25, 0.3) is 0 Å². The van der Waals surface area contributed by atoms with Crippen molar-refractivity contribution in [3.63, 3.8) is 0 Å². The first kappa shape index (κ1) is 12.6. The van der Waals surface area contributed by atoms with Crippen LogP contribution in [0.15, 0.2) is 28.7 Å². The highest BCUT2D eigenvalue weighted by Gasteiger charge is 2.36. The Morgan fingerprint density at radius 2 is 2.17 bits per heavy atom. The summed E-state index contributed by atoms with van der Waals surface area (Å²) in [5.41, 5.74) is 1.42. The third kappa shape index (κ3) is 2.49. The predicted octanol–water partition coefficient (Wildman–Crippen LogP) is 3.12. The SMILES string of the molecule is C[C@@H]1[C@@H]2CCCN2CCN1Cc1cccc(Br)c1. The number of halogens is 1. The normalized spacial score (nSPS) is 29.4. The molecule has 18 heavy (non-hydrogen) atoms. The van der Waals surface area contributed by atoms with Gasteiger partial charge in [0, 0.05) is 36.2 Å². The van der Waals surface area contributed by atoms with Crippen LogP contribution in [0.3, 0.4) is 0 Å². The molecule has 2 aliphatic rings. The summed E-state index contributed by atoms with van der Waals surface area (Å²) < 4.78 is 1.19. The van der Waals surface area contributed by atoms with Crippen molar-refractivity contribution in [3.8, 4) is 0 Å². The highest BCUT2D eigenvalue weighted by atomic mass is 79.9. The van der Waals surface area contributed by atoms with E-state index in [1.807, 2.05) is 0 Å². The van der Waals surface area contributed by atoms with Crippen LogP contribution in [-0.2, 0) is 6.54 Å². The van der Waals surface area contributed by atoms with Gasteiger partial charge in [0.2, 0.25) is 0 Å². The van der Waals surface area contributed by atoms with Gasteiger partial charge in [-0.05, 0) is 44.0 Å². The van der Waals surface area contributed by atoms with Gasteiger partial charge in [-0.15, -0.1) is 0 Å². The Kier molecular flexibility index (Phi) is 3.73. The molecule has 0 amide bonds. The lowest BCUT2D eigenvalue weighted by Gasteiger charge is -2.43. The van der Waals surface area contributed by atoms with Gasteiger partial charge < -0.3 is 0 Å². The summed E-state index contributed by atoms with van der Waals surface area (Å²) in [5, 5.41) is 0. The minimum absolute atomic E-state index is 0.695. The van der Waals surface area contributed by atoms with Gasteiger partial charge in [0.15, 0.2) is 0 Å². The zero-order chi connectivity index (χ0) is 12.5. The second kappa shape index (κ2) is 5.32. The van der Waals surface area contributed by atoms with Crippen molar-refractivity contribution in [3.05, 3.63) is 34.3 Å². The summed E-state index contributed by atoms with van der Waals surface area (Å²) in [6, 6.07) is 10.2. The molecule has 3 rings (SSSR count). The van der Waals surface area contributed by atoms with Crippen LogP contribution in [0, 0.1) is 0 Å². The Labute approximate surface area is 118 Å². The monoisotopic (exact) mass is 308 g/mol. The van der Waals surface area contributed by atoms with Gasteiger partial charge in [-0.1, -0.05) is 28.1 Å². The third-order valence-corrected chi connectivity index (χ3v) is 4.99. The molecule has 0 aliphatic carbocycles. The number of benzene rings is 1. The minimum Gasteiger partial charge on any atom is -0.298 e. The molecule has 3 heteroatoms. The lowest BCUT2D eigenvalue weighted by molar-refractivity contribution is 0.0470. The summed E-state index contributed by atoms with van der Waals surface area (Å²) in [5.74, 6) is 0. The Morgan fingerprint density at radius 3 is 3.00 bits per heavy atom. The van der Waals surface area contributed by atoms with E-state index in [-0.39, 0.29) is 0 Å². The van der Waals surface area contributed by atoms with Gasteiger partial charge in [-0.3, -0.25) is 9.80 Å². The molecule has 1 aromatic rings. The van der Waals surface area contributed by atoms with E-state index < -0.39 is 0 Å². The highest BCUT2D eigenvalue weighted by Crippen LogP contribution is 2.27. The zero-order valence-electron chi connectivity index (χ0n) is 11.0.